The Bertz CT molecular complexity index is 255. The molecule has 0 fully saturated rings. The molecule has 2 heteroatoms. The van der Waals surface area contributed by atoms with Gasteiger partial charge in [0.15, 0.2) is 0 Å². The van der Waals surface area contributed by atoms with Crippen molar-refractivity contribution >= 4 is 11.3 Å². The molecular weight excluding hydrogens is 190 g/mol. The van der Waals surface area contributed by atoms with Crippen molar-refractivity contribution in [3.63, 3.8) is 0 Å². The first-order valence-electron chi connectivity index (χ1n) is 5.48. The zero-order chi connectivity index (χ0) is 10.4. The van der Waals surface area contributed by atoms with Gasteiger partial charge in [-0.15, -0.1) is 11.3 Å². The van der Waals surface area contributed by atoms with Crippen LogP contribution in [0.5, 0.6) is 0 Å². The number of thiophene rings is 1. The fraction of sp³-hybridized carbons (Fsp3) is 0.667. The maximum atomic E-state index is 3.47. The average molecular weight is 211 g/mol. The van der Waals surface area contributed by atoms with Gasteiger partial charge in [-0.05, 0) is 50.9 Å². The van der Waals surface area contributed by atoms with E-state index in [9.17, 15) is 0 Å². The molecule has 0 bridgehead atoms. The van der Waals surface area contributed by atoms with Crippen LogP contribution in [0.25, 0.3) is 0 Å². The van der Waals surface area contributed by atoms with E-state index >= 15 is 0 Å². The Hall–Kier alpha value is -0.340. The molecule has 0 saturated carbocycles. The predicted octanol–water partition coefficient (Wildman–Crippen LogP) is 3.23. The summed E-state index contributed by atoms with van der Waals surface area (Å²) in [6.45, 7) is 8.99. The van der Waals surface area contributed by atoms with Gasteiger partial charge in [0.05, 0.1) is 0 Å². The van der Waals surface area contributed by atoms with Crippen molar-refractivity contribution in [1.82, 2.24) is 5.32 Å². The van der Waals surface area contributed by atoms with Crippen molar-refractivity contribution in [2.45, 2.75) is 33.6 Å². The van der Waals surface area contributed by atoms with Crippen LogP contribution < -0.4 is 5.32 Å². The monoisotopic (exact) mass is 211 g/mol. The van der Waals surface area contributed by atoms with Gasteiger partial charge in [0.2, 0.25) is 0 Å². The summed E-state index contributed by atoms with van der Waals surface area (Å²) in [4.78, 5) is 2.95. The molecule has 0 saturated heterocycles. The molecule has 1 aromatic heterocycles. The smallest absolute Gasteiger partial charge is 0.00512 e. The van der Waals surface area contributed by atoms with E-state index in [1.54, 1.807) is 0 Å². The van der Waals surface area contributed by atoms with Gasteiger partial charge in [0, 0.05) is 9.75 Å². The number of hydrogen-bond donors (Lipinski definition) is 1. The van der Waals surface area contributed by atoms with Gasteiger partial charge in [-0.2, -0.15) is 0 Å². The lowest BCUT2D eigenvalue weighted by molar-refractivity contribution is 0.513. The zero-order valence-electron chi connectivity index (χ0n) is 9.47. The van der Waals surface area contributed by atoms with Gasteiger partial charge in [0.1, 0.15) is 0 Å². The minimum Gasteiger partial charge on any atom is -0.316 e. The molecule has 1 N–H and O–H groups in total. The minimum absolute atomic E-state index is 0.750. The molecule has 0 aliphatic rings. The van der Waals surface area contributed by atoms with Crippen molar-refractivity contribution in [3.8, 4) is 0 Å². The number of aryl methyl sites for hydroxylation is 1. The SMILES string of the molecule is CCCNCC(C)Cc1ccc(C)s1. The Morgan fingerprint density at radius 1 is 1.43 bits per heavy atom. The number of nitrogens with one attached hydrogen (secondary N) is 1. The standard InChI is InChI=1S/C12H21NS/c1-4-7-13-9-10(2)8-12-6-5-11(3)14-12/h5-6,10,13H,4,7-9H2,1-3H3. The molecule has 14 heavy (non-hydrogen) atoms. The van der Waals surface area contributed by atoms with E-state index in [0.717, 1.165) is 19.0 Å². The van der Waals surface area contributed by atoms with E-state index in [0.29, 0.717) is 0 Å². The van der Waals surface area contributed by atoms with Crippen LogP contribution in [-0.4, -0.2) is 13.1 Å². The number of rotatable bonds is 6. The van der Waals surface area contributed by atoms with Gasteiger partial charge in [-0.25, -0.2) is 0 Å². The van der Waals surface area contributed by atoms with Crippen molar-refractivity contribution in [2.24, 2.45) is 5.92 Å². The normalized spacial score (nSPS) is 13.1. The maximum Gasteiger partial charge on any atom is 0.00512 e. The molecule has 1 unspecified atom stereocenters. The Morgan fingerprint density at radius 2 is 2.21 bits per heavy atom. The van der Waals surface area contributed by atoms with Crippen LogP contribution in [0.1, 0.15) is 30.0 Å². The maximum absolute atomic E-state index is 3.47. The Balaban J connectivity index is 2.23. The third-order valence-corrected chi connectivity index (χ3v) is 3.29. The molecule has 0 aliphatic heterocycles. The summed E-state index contributed by atoms with van der Waals surface area (Å²) < 4.78 is 0. The van der Waals surface area contributed by atoms with Crippen LogP contribution in [0.4, 0.5) is 0 Å². The van der Waals surface area contributed by atoms with Crippen LogP contribution >= 0.6 is 11.3 Å². The Kier molecular flexibility index (Phi) is 5.20. The molecule has 1 atom stereocenters. The third kappa shape index (κ3) is 4.25. The Morgan fingerprint density at radius 3 is 2.79 bits per heavy atom. The van der Waals surface area contributed by atoms with E-state index in [-0.39, 0.29) is 0 Å². The Labute approximate surface area is 91.5 Å². The molecule has 0 aliphatic carbocycles. The van der Waals surface area contributed by atoms with Crippen LogP contribution in [0.15, 0.2) is 12.1 Å². The zero-order valence-corrected chi connectivity index (χ0v) is 10.3. The van der Waals surface area contributed by atoms with E-state index < -0.39 is 0 Å². The lowest BCUT2D eigenvalue weighted by atomic mass is 10.1. The highest BCUT2D eigenvalue weighted by Crippen LogP contribution is 2.18. The van der Waals surface area contributed by atoms with Crippen LogP contribution in [0, 0.1) is 12.8 Å². The minimum atomic E-state index is 0.750. The molecule has 0 spiro atoms. The average Bonchev–Trinajstić information content (AvgIpc) is 2.52. The molecule has 1 heterocycles. The lowest BCUT2D eigenvalue weighted by Crippen LogP contribution is -2.22. The number of hydrogen-bond acceptors (Lipinski definition) is 2. The highest BCUT2D eigenvalue weighted by atomic mass is 32.1. The second kappa shape index (κ2) is 6.20. The molecule has 80 valence electrons. The van der Waals surface area contributed by atoms with Crippen molar-refractivity contribution < 1.29 is 0 Å². The van der Waals surface area contributed by atoms with E-state index in [1.165, 1.54) is 22.6 Å². The summed E-state index contributed by atoms with van der Waals surface area (Å²) in [6.07, 6.45) is 2.44. The van der Waals surface area contributed by atoms with E-state index in [4.69, 9.17) is 0 Å². The van der Waals surface area contributed by atoms with Crippen molar-refractivity contribution in [3.05, 3.63) is 21.9 Å². The predicted molar refractivity (Wildman–Crippen MR) is 65.1 cm³/mol. The van der Waals surface area contributed by atoms with Gasteiger partial charge in [-0.1, -0.05) is 13.8 Å². The molecule has 1 nitrogen and oxygen atoms in total. The highest BCUT2D eigenvalue weighted by Gasteiger charge is 2.04. The summed E-state index contributed by atoms with van der Waals surface area (Å²) >= 11 is 1.93. The summed E-state index contributed by atoms with van der Waals surface area (Å²) in [5.41, 5.74) is 0. The third-order valence-electron chi connectivity index (χ3n) is 2.27. The van der Waals surface area contributed by atoms with Crippen molar-refractivity contribution in [2.75, 3.05) is 13.1 Å². The molecule has 1 rings (SSSR count). The molecule has 0 radical (unpaired) electrons. The molecule has 0 amide bonds. The molecule has 1 aromatic rings. The van der Waals surface area contributed by atoms with Crippen LogP contribution in [-0.2, 0) is 6.42 Å². The van der Waals surface area contributed by atoms with Crippen LogP contribution in [0.3, 0.4) is 0 Å². The molecular formula is C12H21NS. The van der Waals surface area contributed by atoms with E-state index in [2.05, 4.69) is 38.2 Å². The fourth-order valence-corrected chi connectivity index (χ4v) is 2.59. The van der Waals surface area contributed by atoms with Gasteiger partial charge in [-0.3, -0.25) is 0 Å². The van der Waals surface area contributed by atoms with Gasteiger partial charge >= 0.3 is 0 Å². The summed E-state index contributed by atoms with van der Waals surface area (Å²) in [6, 6.07) is 4.47. The second-order valence-corrected chi connectivity index (χ2v) is 5.40. The fourth-order valence-electron chi connectivity index (χ4n) is 1.54. The lowest BCUT2D eigenvalue weighted by Gasteiger charge is -2.10. The topological polar surface area (TPSA) is 12.0 Å². The van der Waals surface area contributed by atoms with E-state index in [1.807, 2.05) is 11.3 Å². The summed E-state index contributed by atoms with van der Waals surface area (Å²) in [5, 5.41) is 3.47. The first kappa shape index (κ1) is 11.7. The summed E-state index contributed by atoms with van der Waals surface area (Å²) in [7, 11) is 0. The van der Waals surface area contributed by atoms with Gasteiger partial charge in [0.25, 0.3) is 0 Å². The highest BCUT2D eigenvalue weighted by molar-refractivity contribution is 7.11. The quantitative estimate of drug-likeness (QED) is 0.712. The van der Waals surface area contributed by atoms with Crippen LogP contribution in [0.2, 0.25) is 0 Å². The summed E-state index contributed by atoms with van der Waals surface area (Å²) in [5.74, 6) is 0.750. The van der Waals surface area contributed by atoms with Crippen molar-refractivity contribution in [1.29, 1.82) is 0 Å². The van der Waals surface area contributed by atoms with Gasteiger partial charge < -0.3 is 5.32 Å². The first-order chi connectivity index (χ1) is 6.72. The molecule has 0 aromatic carbocycles. The second-order valence-electron chi connectivity index (χ2n) is 4.03. The first-order valence-corrected chi connectivity index (χ1v) is 6.30. The largest absolute Gasteiger partial charge is 0.316 e.